The number of para-hydroxylation sites is 2. The number of fused-ring (bicyclic) bond motifs is 1. The maximum atomic E-state index is 12.8. The molecule has 1 aliphatic heterocycles. The first-order valence-electron chi connectivity index (χ1n) is 9.11. The van der Waals surface area contributed by atoms with Gasteiger partial charge < -0.3 is 20.3 Å². The number of methoxy groups -OCH3 is 1. The fourth-order valence-corrected chi connectivity index (χ4v) is 3.86. The zero-order valence-corrected chi connectivity index (χ0v) is 16.6. The van der Waals surface area contributed by atoms with Gasteiger partial charge in [0.1, 0.15) is 11.8 Å². The molecule has 2 heterocycles. The lowest BCUT2D eigenvalue weighted by molar-refractivity contribution is -0.122. The summed E-state index contributed by atoms with van der Waals surface area (Å²) in [6.45, 7) is 0.453. The van der Waals surface area contributed by atoms with Crippen LogP contribution in [0.1, 0.15) is 12.1 Å². The maximum absolute atomic E-state index is 12.8. The molecule has 8 heteroatoms. The Morgan fingerprint density at radius 3 is 2.76 bits per heavy atom. The molecule has 0 fully saturated rings. The molecule has 1 aliphatic rings. The summed E-state index contributed by atoms with van der Waals surface area (Å²) in [4.78, 5) is 31.8. The van der Waals surface area contributed by atoms with E-state index in [4.69, 9.17) is 4.74 Å². The van der Waals surface area contributed by atoms with Crippen molar-refractivity contribution < 1.29 is 14.3 Å². The van der Waals surface area contributed by atoms with E-state index in [2.05, 4.69) is 15.6 Å². The number of nitrogens with one attached hydrogen (secondary N) is 2. The average Bonchev–Trinajstić information content (AvgIpc) is 3.24. The number of benzene rings is 2. The summed E-state index contributed by atoms with van der Waals surface area (Å²) < 4.78 is 5.13. The highest BCUT2D eigenvalue weighted by molar-refractivity contribution is 7.07. The third-order valence-electron chi connectivity index (χ3n) is 4.72. The van der Waals surface area contributed by atoms with Gasteiger partial charge in [0.15, 0.2) is 0 Å². The van der Waals surface area contributed by atoms with Gasteiger partial charge in [0, 0.05) is 11.1 Å². The minimum atomic E-state index is -0.634. The summed E-state index contributed by atoms with van der Waals surface area (Å²) >= 11 is 1.50. The van der Waals surface area contributed by atoms with E-state index in [1.165, 1.54) is 11.3 Å². The Kier molecular flexibility index (Phi) is 5.44. The van der Waals surface area contributed by atoms with Gasteiger partial charge in [-0.25, -0.2) is 4.98 Å². The van der Waals surface area contributed by atoms with Gasteiger partial charge in [-0.1, -0.05) is 12.1 Å². The number of hydrogen-bond donors (Lipinski definition) is 2. The number of nitrogens with zero attached hydrogens (tertiary/aromatic N) is 2. The molecule has 148 valence electrons. The highest BCUT2D eigenvalue weighted by atomic mass is 32.1. The summed E-state index contributed by atoms with van der Waals surface area (Å²) in [6.07, 6.45) is 0.0241. The van der Waals surface area contributed by atoms with Crippen LogP contribution in [0.2, 0.25) is 0 Å². The predicted octanol–water partition coefficient (Wildman–Crippen LogP) is 3.51. The topological polar surface area (TPSA) is 83.6 Å². The van der Waals surface area contributed by atoms with Gasteiger partial charge in [0.05, 0.1) is 42.7 Å². The lowest BCUT2D eigenvalue weighted by Gasteiger charge is -2.37. The summed E-state index contributed by atoms with van der Waals surface area (Å²) in [5.41, 5.74) is 4.89. The van der Waals surface area contributed by atoms with Crippen LogP contribution in [-0.4, -0.2) is 29.9 Å². The van der Waals surface area contributed by atoms with E-state index in [1.807, 2.05) is 34.5 Å². The van der Waals surface area contributed by atoms with Crippen LogP contribution >= 0.6 is 11.3 Å². The van der Waals surface area contributed by atoms with Crippen LogP contribution in [0.4, 0.5) is 17.1 Å². The molecule has 29 heavy (non-hydrogen) atoms. The van der Waals surface area contributed by atoms with E-state index in [1.54, 1.807) is 36.9 Å². The van der Waals surface area contributed by atoms with Crippen molar-refractivity contribution >= 4 is 40.2 Å². The Labute approximate surface area is 172 Å². The highest BCUT2D eigenvalue weighted by Gasteiger charge is 2.34. The molecule has 0 aliphatic carbocycles. The third kappa shape index (κ3) is 4.22. The van der Waals surface area contributed by atoms with E-state index < -0.39 is 6.04 Å². The van der Waals surface area contributed by atoms with Crippen LogP contribution in [0.5, 0.6) is 5.75 Å². The number of hydrogen-bond acceptors (Lipinski definition) is 6. The molecule has 2 N–H and O–H groups in total. The zero-order valence-electron chi connectivity index (χ0n) is 15.8. The van der Waals surface area contributed by atoms with E-state index in [9.17, 15) is 9.59 Å². The van der Waals surface area contributed by atoms with Crippen LogP contribution in [0.3, 0.4) is 0 Å². The fraction of sp³-hybridized carbons (Fsp3) is 0.190. The molecule has 0 bridgehead atoms. The highest BCUT2D eigenvalue weighted by Crippen LogP contribution is 2.34. The van der Waals surface area contributed by atoms with Crippen molar-refractivity contribution in [3.05, 3.63) is 65.1 Å². The van der Waals surface area contributed by atoms with E-state index >= 15 is 0 Å². The largest absolute Gasteiger partial charge is 0.497 e. The molecule has 2 amide bonds. The Balaban J connectivity index is 1.54. The Morgan fingerprint density at radius 2 is 2.03 bits per heavy atom. The molecular weight excluding hydrogens is 388 g/mol. The second kappa shape index (κ2) is 8.32. The number of thiazole rings is 1. The van der Waals surface area contributed by atoms with Crippen LogP contribution in [0.25, 0.3) is 0 Å². The number of carbonyl (C=O) groups excluding carboxylic acids is 2. The second-order valence-corrected chi connectivity index (χ2v) is 7.33. The van der Waals surface area contributed by atoms with Crippen LogP contribution in [0.15, 0.2) is 59.4 Å². The number of aromatic nitrogens is 1. The van der Waals surface area contributed by atoms with Gasteiger partial charge in [-0.05, 0) is 36.4 Å². The minimum absolute atomic E-state index is 0.0241. The fourth-order valence-electron chi connectivity index (χ4n) is 3.31. The number of anilines is 3. The first-order valence-corrected chi connectivity index (χ1v) is 10.1. The van der Waals surface area contributed by atoms with Crippen LogP contribution < -0.4 is 20.3 Å². The lowest BCUT2D eigenvalue weighted by Crippen LogP contribution is -2.49. The molecule has 0 saturated carbocycles. The number of amides is 2. The molecule has 1 unspecified atom stereocenters. The number of ether oxygens (including phenoxy) is 1. The minimum Gasteiger partial charge on any atom is -0.497 e. The van der Waals surface area contributed by atoms with Gasteiger partial charge in [-0.2, -0.15) is 0 Å². The molecule has 0 saturated heterocycles. The Bertz CT molecular complexity index is 1010. The van der Waals surface area contributed by atoms with E-state index in [-0.39, 0.29) is 18.2 Å². The molecule has 1 atom stereocenters. The quantitative estimate of drug-likeness (QED) is 0.652. The normalized spacial score (nSPS) is 15.4. The summed E-state index contributed by atoms with van der Waals surface area (Å²) in [6, 6.07) is 14.0. The zero-order chi connectivity index (χ0) is 20.2. The monoisotopic (exact) mass is 408 g/mol. The first kappa shape index (κ1) is 18.9. The van der Waals surface area contributed by atoms with Gasteiger partial charge in [-0.3, -0.25) is 9.59 Å². The molecular formula is C21H20N4O3S. The molecule has 4 rings (SSSR count). The van der Waals surface area contributed by atoms with E-state index in [0.717, 1.165) is 17.1 Å². The van der Waals surface area contributed by atoms with Crippen molar-refractivity contribution in [3.63, 3.8) is 0 Å². The number of rotatable bonds is 6. The first-order chi connectivity index (χ1) is 14.1. The summed E-state index contributed by atoms with van der Waals surface area (Å²) in [5.74, 6) is 0.266. The summed E-state index contributed by atoms with van der Waals surface area (Å²) in [5, 5.41) is 7.71. The van der Waals surface area contributed by atoms with Gasteiger partial charge in [0.2, 0.25) is 11.8 Å². The van der Waals surface area contributed by atoms with Crippen molar-refractivity contribution in [1.82, 2.24) is 4.98 Å². The maximum Gasteiger partial charge on any atom is 0.247 e. The van der Waals surface area contributed by atoms with Crippen LogP contribution in [0, 0.1) is 0 Å². The predicted molar refractivity (Wildman–Crippen MR) is 113 cm³/mol. The lowest BCUT2D eigenvalue weighted by atomic mass is 10.0. The van der Waals surface area contributed by atoms with Crippen molar-refractivity contribution in [2.24, 2.45) is 0 Å². The van der Waals surface area contributed by atoms with Gasteiger partial charge in [-0.15, -0.1) is 11.3 Å². The third-order valence-corrected chi connectivity index (χ3v) is 5.35. The standard InChI is InChI=1S/C21H20N4O3S/c1-28-16-8-6-14(7-9-16)23-20(26)10-19-21(27)24-17-4-2-3-5-18(17)25(19)11-15-12-29-13-22-15/h2-9,12-13,19H,10-11H2,1H3,(H,23,26)(H,24,27). The summed E-state index contributed by atoms with van der Waals surface area (Å²) in [7, 11) is 1.59. The molecule has 2 aromatic carbocycles. The van der Waals surface area contributed by atoms with Gasteiger partial charge in [0.25, 0.3) is 0 Å². The van der Waals surface area contributed by atoms with Crippen molar-refractivity contribution in [2.45, 2.75) is 19.0 Å². The number of carbonyl (C=O) groups is 2. The van der Waals surface area contributed by atoms with Crippen molar-refractivity contribution in [3.8, 4) is 5.75 Å². The Hall–Kier alpha value is -3.39. The molecule has 3 aromatic rings. The molecule has 0 spiro atoms. The molecule has 7 nitrogen and oxygen atoms in total. The van der Waals surface area contributed by atoms with Crippen molar-refractivity contribution in [1.29, 1.82) is 0 Å². The smallest absolute Gasteiger partial charge is 0.247 e. The molecule has 0 radical (unpaired) electrons. The second-order valence-electron chi connectivity index (χ2n) is 6.61. The SMILES string of the molecule is COc1ccc(NC(=O)CC2C(=O)Nc3ccccc3N2Cc2cscn2)cc1. The van der Waals surface area contributed by atoms with Crippen LogP contribution in [-0.2, 0) is 16.1 Å². The Morgan fingerprint density at radius 1 is 1.24 bits per heavy atom. The average molecular weight is 408 g/mol. The van der Waals surface area contributed by atoms with E-state index in [0.29, 0.717) is 18.0 Å². The van der Waals surface area contributed by atoms with Gasteiger partial charge >= 0.3 is 0 Å². The van der Waals surface area contributed by atoms with Crippen molar-refractivity contribution in [2.75, 3.05) is 22.6 Å². The molecule has 1 aromatic heterocycles.